The van der Waals surface area contributed by atoms with E-state index in [0.29, 0.717) is 25.7 Å². The molecule has 0 spiro atoms. The van der Waals surface area contributed by atoms with Gasteiger partial charge in [-0.1, -0.05) is 6.42 Å². The van der Waals surface area contributed by atoms with Crippen LogP contribution in [0.4, 0.5) is 0 Å². The van der Waals surface area contributed by atoms with Crippen molar-refractivity contribution in [2.45, 2.75) is 25.7 Å². The zero-order chi connectivity index (χ0) is 10.3. The van der Waals surface area contributed by atoms with E-state index in [2.05, 4.69) is 4.52 Å². The molecule has 0 aromatic heterocycles. The van der Waals surface area contributed by atoms with E-state index < -0.39 is 7.82 Å². The van der Waals surface area contributed by atoms with Gasteiger partial charge in [0.25, 0.3) is 0 Å². The van der Waals surface area contributed by atoms with Gasteiger partial charge in [-0.25, -0.2) is 4.57 Å². The zero-order valence-corrected chi connectivity index (χ0v) is 8.07. The maximum atomic E-state index is 10.3. The highest BCUT2D eigenvalue weighted by atomic mass is 31.2. The number of amides is 1. The number of unbranched alkanes of at least 4 members (excludes halogenated alkanes) is 2. The van der Waals surface area contributed by atoms with Crippen molar-refractivity contribution in [2.24, 2.45) is 5.73 Å². The Bertz CT molecular complexity index is 201. The van der Waals surface area contributed by atoms with Crippen molar-refractivity contribution in [3.63, 3.8) is 0 Å². The van der Waals surface area contributed by atoms with Crippen LogP contribution in [0.5, 0.6) is 0 Å². The standard InChI is InChI=1S/C6H14NO5P/c7-6(8)4-2-1-3-5-12-13(9,10)11/h1-5H2,(H2,7,8)(H2,9,10,11). The van der Waals surface area contributed by atoms with Crippen LogP contribution < -0.4 is 5.73 Å². The van der Waals surface area contributed by atoms with Crippen molar-refractivity contribution in [3.8, 4) is 0 Å². The molecular weight excluding hydrogens is 197 g/mol. The van der Waals surface area contributed by atoms with Crippen LogP contribution >= 0.6 is 7.82 Å². The van der Waals surface area contributed by atoms with Gasteiger partial charge in [-0.3, -0.25) is 9.32 Å². The minimum absolute atomic E-state index is 0.00302. The topological polar surface area (TPSA) is 110 Å². The van der Waals surface area contributed by atoms with Crippen LogP contribution in [0.15, 0.2) is 0 Å². The molecular formula is C6H14NO5P. The monoisotopic (exact) mass is 211 g/mol. The maximum Gasteiger partial charge on any atom is 0.469 e. The molecule has 1 amide bonds. The Morgan fingerprint density at radius 1 is 1.31 bits per heavy atom. The Labute approximate surface area is 76.3 Å². The van der Waals surface area contributed by atoms with Crippen molar-refractivity contribution < 1.29 is 23.7 Å². The molecule has 0 aliphatic heterocycles. The number of nitrogens with two attached hydrogens (primary N) is 1. The van der Waals surface area contributed by atoms with E-state index in [1.165, 1.54) is 0 Å². The molecule has 13 heavy (non-hydrogen) atoms. The van der Waals surface area contributed by atoms with Gasteiger partial charge in [0.1, 0.15) is 0 Å². The highest BCUT2D eigenvalue weighted by Crippen LogP contribution is 2.35. The molecule has 7 heteroatoms. The lowest BCUT2D eigenvalue weighted by Gasteiger charge is -2.03. The third-order valence-corrected chi connectivity index (χ3v) is 1.85. The van der Waals surface area contributed by atoms with Gasteiger partial charge in [0.15, 0.2) is 0 Å². The quantitative estimate of drug-likeness (QED) is 0.410. The molecule has 0 radical (unpaired) electrons. The number of phosphoric acid groups is 1. The van der Waals surface area contributed by atoms with Gasteiger partial charge >= 0.3 is 7.82 Å². The van der Waals surface area contributed by atoms with E-state index in [9.17, 15) is 9.36 Å². The Kier molecular flexibility index (Phi) is 5.90. The van der Waals surface area contributed by atoms with E-state index in [4.69, 9.17) is 15.5 Å². The van der Waals surface area contributed by atoms with E-state index in [0.717, 1.165) is 0 Å². The van der Waals surface area contributed by atoms with Crippen LogP contribution in [-0.4, -0.2) is 22.3 Å². The van der Waals surface area contributed by atoms with Gasteiger partial charge < -0.3 is 15.5 Å². The summed E-state index contributed by atoms with van der Waals surface area (Å²) in [5.74, 6) is -0.365. The van der Waals surface area contributed by atoms with E-state index in [1.807, 2.05) is 0 Å². The lowest BCUT2D eigenvalue weighted by molar-refractivity contribution is -0.118. The molecule has 0 aliphatic rings. The fraction of sp³-hybridized carbons (Fsp3) is 0.833. The number of carbonyl (C=O) groups is 1. The number of carbonyl (C=O) groups excluding carboxylic acids is 1. The second kappa shape index (κ2) is 6.10. The Morgan fingerprint density at radius 2 is 1.92 bits per heavy atom. The number of hydrogen-bond donors (Lipinski definition) is 3. The summed E-state index contributed by atoms with van der Waals surface area (Å²) >= 11 is 0. The smallest absolute Gasteiger partial charge is 0.370 e. The molecule has 0 heterocycles. The number of primary amides is 1. The third-order valence-electron chi connectivity index (χ3n) is 1.33. The highest BCUT2D eigenvalue weighted by Gasteiger charge is 2.12. The molecule has 0 saturated heterocycles. The third kappa shape index (κ3) is 11.6. The number of hydrogen-bond acceptors (Lipinski definition) is 3. The van der Waals surface area contributed by atoms with Gasteiger partial charge in [-0.15, -0.1) is 0 Å². The second-order valence-electron chi connectivity index (χ2n) is 2.60. The van der Waals surface area contributed by atoms with Gasteiger partial charge in [-0.05, 0) is 12.8 Å². The van der Waals surface area contributed by atoms with E-state index in [-0.39, 0.29) is 12.5 Å². The molecule has 0 saturated carbocycles. The Hall–Kier alpha value is -0.420. The lowest BCUT2D eigenvalue weighted by atomic mass is 10.2. The van der Waals surface area contributed by atoms with E-state index >= 15 is 0 Å². The SMILES string of the molecule is NC(=O)CCCCCOP(=O)(O)O. The largest absolute Gasteiger partial charge is 0.469 e. The fourth-order valence-corrected chi connectivity index (χ4v) is 1.13. The van der Waals surface area contributed by atoms with Gasteiger partial charge in [0.05, 0.1) is 6.61 Å². The fourth-order valence-electron chi connectivity index (χ4n) is 0.762. The van der Waals surface area contributed by atoms with Crippen LogP contribution in [0.1, 0.15) is 25.7 Å². The average molecular weight is 211 g/mol. The molecule has 0 aromatic carbocycles. The van der Waals surface area contributed by atoms with Crippen molar-refractivity contribution in [3.05, 3.63) is 0 Å². The van der Waals surface area contributed by atoms with Crippen molar-refractivity contribution in [2.75, 3.05) is 6.61 Å². The van der Waals surface area contributed by atoms with Gasteiger partial charge in [-0.2, -0.15) is 0 Å². The van der Waals surface area contributed by atoms with E-state index in [1.54, 1.807) is 0 Å². The van der Waals surface area contributed by atoms with Crippen LogP contribution in [0.2, 0.25) is 0 Å². The van der Waals surface area contributed by atoms with Gasteiger partial charge in [0, 0.05) is 6.42 Å². The molecule has 0 fully saturated rings. The first-order valence-electron chi connectivity index (χ1n) is 3.90. The Morgan fingerprint density at radius 3 is 2.38 bits per heavy atom. The van der Waals surface area contributed by atoms with Crippen LogP contribution in [0.3, 0.4) is 0 Å². The molecule has 4 N–H and O–H groups in total. The normalized spacial score (nSPS) is 11.5. The first-order valence-corrected chi connectivity index (χ1v) is 5.43. The minimum atomic E-state index is -4.33. The average Bonchev–Trinajstić information content (AvgIpc) is 1.93. The molecule has 0 rings (SSSR count). The summed E-state index contributed by atoms with van der Waals surface area (Å²) in [6.45, 7) is 0.00302. The summed E-state index contributed by atoms with van der Waals surface area (Å²) < 4.78 is 14.4. The second-order valence-corrected chi connectivity index (χ2v) is 3.84. The molecule has 78 valence electrons. The lowest BCUT2D eigenvalue weighted by Crippen LogP contribution is -2.09. The van der Waals surface area contributed by atoms with Crippen LogP contribution in [-0.2, 0) is 13.9 Å². The Balaban J connectivity index is 3.18. The molecule has 0 bridgehead atoms. The summed E-state index contributed by atoms with van der Waals surface area (Å²) in [5, 5.41) is 0. The predicted octanol–water partition coefficient (Wildman–Crippen LogP) is 0.141. The molecule has 0 unspecified atom stereocenters. The van der Waals surface area contributed by atoms with Crippen molar-refractivity contribution in [1.29, 1.82) is 0 Å². The molecule has 0 atom stereocenters. The predicted molar refractivity (Wildman–Crippen MR) is 45.7 cm³/mol. The van der Waals surface area contributed by atoms with Crippen LogP contribution in [0.25, 0.3) is 0 Å². The summed E-state index contributed by atoms with van der Waals surface area (Å²) in [4.78, 5) is 26.8. The summed E-state index contributed by atoms with van der Waals surface area (Å²) in [7, 11) is -4.33. The van der Waals surface area contributed by atoms with Crippen molar-refractivity contribution in [1.82, 2.24) is 0 Å². The summed E-state index contributed by atoms with van der Waals surface area (Å²) in [5.41, 5.74) is 4.88. The number of rotatable bonds is 7. The number of phosphoric ester groups is 1. The van der Waals surface area contributed by atoms with Crippen LogP contribution in [0, 0.1) is 0 Å². The molecule has 6 nitrogen and oxygen atoms in total. The maximum absolute atomic E-state index is 10.3. The first-order chi connectivity index (χ1) is 5.92. The highest BCUT2D eigenvalue weighted by molar-refractivity contribution is 7.46. The minimum Gasteiger partial charge on any atom is -0.370 e. The summed E-state index contributed by atoms with van der Waals surface area (Å²) in [6, 6.07) is 0. The first kappa shape index (κ1) is 12.6. The van der Waals surface area contributed by atoms with Crippen molar-refractivity contribution >= 4 is 13.7 Å². The summed E-state index contributed by atoms with van der Waals surface area (Å²) in [6.07, 6.45) is 2.11. The zero-order valence-electron chi connectivity index (χ0n) is 7.18. The van der Waals surface area contributed by atoms with Gasteiger partial charge in [0.2, 0.25) is 5.91 Å². The molecule has 0 aromatic rings. The molecule has 0 aliphatic carbocycles.